The van der Waals surface area contributed by atoms with Crippen molar-refractivity contribution in [1.82, 2.24) is 5.32 Å². The van der Waals surface area contributed by atoms with Gasteiger partial charge in [0.1, 0.15) is 5.75 Å². The predicted octanol–water partition coefficient (Wildman–Crippen LogP) is 4.94. The number of carbonyl (C=O) groups is 1. The monoisotopic (exact) mass is 383 g/mol. The molecule has 128 valence electrons. The molecule has 0 radical (unpaired) electrons. The van der Waals surface area contributed by atoms with Crippen LogP contribution in [0.1, 0.15) is 18.1 Å². The minimum Gasteiger partial charge on any atom is -0.494 e. The quantitative estimate of drug-likeness (QED) is 0.701. The van der Waals surface area contributed by atoms with Gasteiger partial charge in [0.05, 0.1) is 22.4 Å². The number of rotatable bonds is 8. The fourth-order valence-corrected chi connectivity index (χ4v) is 3.18. The van der Waals surface area contributed by atoms with E-state index in [2.05, 4.69) is 5.32 Å². The maximum absolute atomic E-state index is 11.9. The normalized spacial score (nSPS) is 10.5. The van der Waals surface area contributed by atoms with Crippen LogP contribution in [0, 0.1) is 0 Å². The van der Waals surface area contributed by atoms with Crippen LogP contribution in [0.5, 0.6) is 5.75 Å². The zero-order valence-corrected chi connectivity index (χ0v) is 15.7. The lowest BCUT2D eigenvalue weighted by atomic mass is 10.2. The molecule has 0 aliphatic heterocycles. The summed E-state index contributed by atoms with van der Waals surface area (Å²) in [5.41, 5.74) is 2.07. The van der Waals surface area contributed by atoms with Crippen molar-refractivity contribution in [3.8, 4) is 5.75 Å². The molecule has 6 heteroatoms. The summed E-state index contributed by atoms with van der Waals surface area (Å²) in [7, 11) is 0. The Kier molecular flexibility index (Phi) is 7.76. The second-order valence-electron chi connectivity index (χ2n) is 5.10. The molecule has 24 heavy (non-hydrogen) atoms. The van der Waals surface area contributed by atoms with Crippen LogP contribution in [0.3, 0.4) is 0 Å². The Morgan fingerprint density at radius 2 is 1.96 bits per heavy atom. The van der Waals surface area contributed by atoms with E-state index in [1.54, 1.807) is 6.07 Å². The van der Waals surface area contributed by atoms with Gasteiger partial charge in [-0.05, 0) is 42.3 Å². The van der Waals surface area contributed by atoms with Crippen molar-refractivity contribution in [2.45, 2.75) is 19.2 Å². The Balaban J connectivity index is 1.73. The Hall–Kier alpha value is -1.36. The first-order chi connectivity index (χ1) is 11.6. The topological polar surface area (TPSA) is 38.3 Å². The molecule has 2 aromatic rings. The van der Waals surface area contributed by atoms with Crippen molar-refractivity contribution in [2.75, 3.05) is 12.4 Å². The van der Waals surface area contributed by atoms with Gasteiger partial charge in [-0.1, -0.05) is 41.4 Å². The van der Waals surface area contributed by atoms with Crippen molar-refractivity contribution >= 4 is 40.9 Å². The van der Waals surface area contributed by atoms with E-state index in [-0.39, 0.29) is 5.91 Å². The van der Waals surface area contributed by atoms with Gasteiger partial charge < -0.3 is 10.1 Å². The van der Waals surface area contributed by atoms with E-state index in [4.69, 9.17) is 27.9 Å². The summed E-state index contributed by atoms with van der Waals surface area (Å²) in [6.07, 6.45) is 0. The average molecular weight is 384 g/mol. The molecule has 0 bridgehead atoms. The van der Waals surface area contributed by atoms with Gasteiger partial charge in [0.25, 0.3) is 0 Å². The first-order valence-corrected chi connectivity index (χ1v) is 9.49. The Morgan fingerprint density at radius 3 is 2.71 bits per heavy atom. The lowest BCUT2D eigenvalue weighted by Crippen LogP contribution is -2.24. The third-order valence-corrected chi connectivity index (χ3v) is 4.93. The minimum atomic E-state index is 0.00173. The third kappa shape index (κ3) is 6.27. The molecule has 0 aromatic heterocycles. The number of halogens is 2. The van der Waals surface area contributed by atoms with Crippen LogP contribution in [0.25, 0.3) is 0 Å². The standard InChI is InChI=1S/C18H19Cl2NO2S/c1-2-23-15-5-3-4-13(8-15)10-21-18(22)12-24-11-14-6-7-16(19)17(20)9-14/h3-9H,2,10-12H2,1H3,(H,21,22). The first-order valence-electron chi connectivity index (χ1n) is 7.58. The van der Waals surface area contributed by atoms with Gasteiger partial charge in [0, 0.05) is 12.3 Å². The van der Waals surface area contributed by atoms with E-state index in [0.717, 1.165) is 16.9 Å². The SMILES string of the molecule is CCOc1cccc(CNC(=O)CSCc2ccc(Cl)c(Cl)c2)c1. The van der Waals surface area contributed by atoms with Crippen LogP contribution in [-0.2, 0) is 17.1 Å². The number of ether oxygens (including phenoxy) is 1. The molecule has 0 aliphatic rings. The number of hydrogen-bond donors (Lipinski definition) is 1. The molecular formula is C18H19Cl2NO2S. The highest BCUT2D eigenvalue weighted by atomic mass is 35.5. The summed E-state index contributed by atoms with van der Waals surface area (Å²) >= 11 is 13.4. The number of benzene rings is 2. The smallest absolute Gasteiger partial charge is 0.230 e. The molecule has 2 aromatic carbocycles. The lowest BCUT2D eigenvalue weighted by molar-refractivity contribution is -0.118. The molecule has 0 spiro atoms. The van der Waals surface area contributed by atoms with Gasteiger partial charge in [0.15, 0.2) is 0 Å². The fraction of sp³-hybridized carbons (Fsp3) is 0.278. The van der Waals surface area contributed by atoms with E-state index in [9.17, 15) is 4.79 Å². The number of carbonyl (C=O) groups excluding carboxylic acids is 1. The van der Waals surface area contributed by atoms with Gasteiger partial charge >= 0.3 is 0 Å². The molecule has 1 amide bonds. The van der Waals surface area contributed by atoms with E-state index in [1.807, 2.05) is 43.3 Å². The van der Waals surface area contributed by atoms with Gasteiger partial charge in [-0.15, -0.1) is 11.8 Å². The summed E-state index contributed by atoms with van der Waals surface area (Å²) in [5, 5.41) is 3.99. The minimum absolute atomic E-state index is 0.00173. The van der Waals surface area contributed by atoms with Gasteiger partial charge in [-0.2, -0.15) is 0 Å². The maximum atomic E-state index is 11.9. The zero-order chi connectivity index (χ0) is 17.4. The lowest BCUT2D eigenvalue weighted by Gasteiger charge is -2.08. The van der Waals surface area contributed by atoms with Crippen molar-refractivity contribution in [2.24, 2.45) is 0 Å². The van der Waals surface area contributed by atoms with Gasteiger partial charge in [-0.3, -0.25) is 4.79 Å². The Bertz CT molecular complexity index is 694. The largest absolute Gasteiger partial charge is 0.494 e. The molecule has 0 saturated carbocycles. The molecule has 0 aliphatic carbocycles. The van der Waals surface area contributed by atoms with Crippen LogP contribution in [0.2, 0.25) is 10.0 Å². The maximum Gasteiger partial charge on any atom is 0.230 e. The zero-order valence-electron chi connectivity index (χ0n) is 13.4. The molecular weight excluding hydrogens is 365 g/mol. The van der Waals surface area contributed by atoms with Gasteiger partial charge in [-0.25, -0.2) is 0 Å². The van der Waals surface area contributed by atoms with Crippen LogP contribution in [0.15, 0.2) is 42.5 Å². The summed E-state index contributed by atoms with van der Waals surface area (Å²) in [5.74, 6) is 1.93. The first kappa shape index (κ1) is 19.0. The van der Waals surface area contributed by atoms with Crippen LogP contribution >= 0.6 is 35.0 Å². The van der Waals surface area contributed by atoms with E-state index in [1.165, 1.54) is 11.8 Å². The molecule has 1 N–H and O–H groups in total. The van der Waals surface area contributed by atoms with Crippen LogP contribution in [0.4, 0.5) is 0 Å². The van der Waals surface area contributed by atoms with Crippen LogP contribution < -0.4 is 10.1 Å². The second-order valence-corrected chi connectivity index (χ2v) is 6.90. The number of nitrogens with one attached hydrogen (secondary N) is 1. The number of hydrogen-bond acceptors (Lipinski definition) is 3. The Labute approximate surface area is 156 Å². The predicted molar refractivity (Wildman–Crippen MR) is 102 cm³/mol. The van der Waals surface area contributed by atoms with Crippen molar-refractivity contribution in [1.29, 1.82) is 0 Å². The number of thioether (sulfide) groups is 1. The molecule has 2 rings (SSSR count). The fourth-order valence-electron chi connectivity index (χ4n) is 2.05. The van der Waals surface area contributed by atoms with Gasteiger partial charge in [0.2, 0.25) is 5.91 Å². The van der Waals surface area contributed by atoms with Crippen LogP contribution in [-0.4, -0.2) is 18.3 Å². The molecule has 0 fully saturated rings. The number of amides is 1. The third-order valence-electron chi connectivity index (χ3n) is 3.19. The second kappa shape index (κ2) is 9.82. The Morgan fingerprint density at radius 1 is 1.12 bits per heavy atom. The summed E-state index contributed by atoms with van der Waals surface area (Å²) in [4.78, 5) is 11.9. The highest BCUT2D eigenvalue weighted by Gasteiger charge is 2.04. The highest BCUT2D eigenvalue weighted by Crippen LogP contribution is 2.24. The molecule has 0 atom stereocenters. The van der Waals surface area contributed by atoms with Crippen molar-refractivity contribution in [3.05, 3.63) is 63.6 Å². The molecule has 3 nitrogen and oxygen atoms in total. The summed E-state index contributed by atoms with van der Waals surface area (Å²) in [6.45, 7) is 3.06. The highest BCUT2D eigenvalue weighted by molar-refractivity contribution is 7.99. The molecule has 0 unspecified atom stereocenters. The van der Waals surface area contributed by atoms with Crippen molar-refractivity contribution < 1.29 is 9.53 Å². The molecule has 0 saturated heterocycles. The average Bonchev–Trinajstić information content (AvgIpc) is 2.57. The van der Waals surface area contributed by atoms with E-state index < -0.39 is 0 Å². The van der Waals surface area contributed by atoms with E-state index >= 15 is 0 Å². The summed E-state index contributed by atoms with van der Waals surface area (Å²) in [6, 6.07) is 13.2. The molecule has 0 heterocycles. The van der Waals surface area contributed by atoms with Crippen molar-refractivity contribution in [3.63, 3.8) is 0 Å². The summed E-state index contributed by atoms with van der Waals surface area (Å²) < 4.78 is 5.45. The van der Waals surface area contributed by atoms with E-state index in [0.29, 0.717) is 34.7 Å².